The molecule has 2 heterocycles. The molecule has 3 aromatic rings. The van der Waals surface area contributed by atoms with Gasteiger partial charge in [-0.25, -0.2) is 9.78 Å². The number of imidazole rings is 1. The summed E-state index contributed by atoms with van der Waals surface area (Å²) >= 11 is 0. The van der Waals surface area contributed by atoms with Gasteiger partial charge in [-0.2, -0.15) is 0 Å². The van der Waals surface area contributed by atoms with Crippen LogP contribution in [0, 0.1) is 0 Å². The van der Waals surface area contributed by atoms with Crippen molar-refractivity contribution in [1.82, 2.24) is 19.8 Å². The second-order valence-electron chi connectivity index (χ2n) is 8.57. The molecule has 1 atom stereocenters. The Labute approximate surface area is 208 Å². The van der Waals surface area contributed by atoms with Crippen LogP contribution in [0.1, 0.15) is 39.0 Å². The molecule has 188 valence electrons. The van der Waals surface area contributed by atoms with E-state index in [9.17, 15) is 14.4 Å². The van der Waals surface area contributed by atoms with Crippen LogP contribution in [0.3, 0.4) is 0 Å². The van der Waals surface area contributed by atoms with Gasteiger partial charge in [-0.15, -0.1) is 0 Å². The number of rotatable bonds is 8. The number of hydrogen-bond donors (Lipinski definition) is 1. The second-order valence-corrected chi connectivity index (χ2v) is 8.57. The minimum absolute atomic E-state index is 0.0280. The van der Waals surface area contributed by atoms with Crippen molar-refractivity contribution in [3.8, 4) is 11.5 Å². The molecule has 0 bridgehead atoms. The van der Waals surface area contributed by atoms with E-state index in [2.05, 4.69) is 10.3 Å². The summed E-state index contributed by atoms with van der Waals surface area (Å²) in [6.45, 7) is 2.10. The van der Waals surface area contributed by atoms with E-state index in [0.29, 0.717) is 23.6 Å². The van der Waals surface area contributed by atoms with Crippen LogP contribution in [0.4, 0.5) is 0 Å². The Morgan fingerprint density at radius 2 is 1.83 bits per heavy atom. The van der Waals surface area contributed by atoms with E-state index in [1.807, 2.05) is 30.3 Å². The zero-order valence-corrected chi connectivity index (χ0v) is 20.6. The van der Waals surface area contributed by atoms with Crippen LogP contribution in [-0.4, -0.2) is 59.1 Å². The van der Waals surface area contributed by atoms with Crippen molar-refractivity contribution in [3.63, 3.8) is 0 Å². The van der Waals surface area contributed by atoms with Crippen LogP contribution in [0.15, 0.2) is 54.9 Å². The largest absolute Gasteiger partial charge is 0.497 e. The zero-order chi connectivity index (χ0) is 25.9. The third-order valence-corrected chi connectivity index (χ3v) is 6.34. The number of esters is 1. The maximum absolute atomic E-state index is 13.9. The molecular formula is C26H28N4O6. The Bertz CT molecular complexity index is 1290. The molecule has 0 saturated heterocycles. The van der Waals surface area contributed by atoms with E-state index >= 15 is 0 Å². The summed E-state index contributed by atoms with van der Waals surface area (Å²) in [5, 5.41) is 2.95. The fourth-order valence-corrected chi connectivity index (χ4v) is 4.33. The number of nitrogens with zero attached hydrogens (tertiary/aromatic N) is 3. The number of benzene rings is 2. The number of nitrogens with one attached hydrogen (secondary N) is 1. The molecule has 0 saturated carbocycles. The van der Waals surface area contributed by atoms with Gasteiger partial charge < -0.3 is 29.0 Å². The molecule has 2 amide bonds. The number of fused-ring (bicyclic) bond motifs is 1. The summed E-state index contributed by atoms with van der Waals surface area (Å²) in [5.41, 5.74) is 0.226. The summed E-state index contributed by atoms with van der Waals surface area (Å²) in [6.07, 6.45) is 1.38. The maximum atomic E-state index is 13.9. The van der Waals surface area contributed by atoms with Gasteiger partial charge in [0.1, 0.15) is 22.7 Å². The predicted molar refractivity (Wildman–Crippen MR) is 130 cm³/mol. The topological polar surface area (TPSA) is 112 Å². The van der Waals surface area contributed by atoms with Gasteiger partial charge in [0.25, 0.3) is 5.91 Å². The molecule has 1 aliphatic heterocycles. The number of carbonyl (C=O) groups is 3. The summed E-state index contributed by atoms with van der Waals surface area (Å²) in [7, 11) is 4.29. The minimum atomic E-state index is -1.30. The van der Waals surface area contributed by atoms with Gasteiger partial charge in [-0.05, 0) is 30.7 Å². The third-order valence-electron chi connectivity index (χ3n) is 6.34. The predicted octanol–water partition coefficient (Wildman–Crippen LogP) is 2.42. The van der Waals surface area contributed by atoms with Gasteiger partial charge in [0.2, 0.25) is 5.91 Å². The summed E-state index contributed by atoms with van der Waals surface area (Å²) in [5.74, 6) is -0.497. The minimum Gasteiger partial charge on any atom is -0.497 e. The Kier molecular flexibility index (Phi) is 6.96. The van der Waals surface area contributed by atoms with E-state index in [4.69, 9.17) is 14.2 Å². The lowest BCUT2D eigenvalue weighted by Gasteiger charge is -2.44. The quantitative estimate of drug-likeness (QED) is 0.481. The van der Waals surface area contributed by atoms with Gasteiger partial charge in [0.15, 0.2) is 5.69 Å². The molecule has 4 rings (SSSR count). The first kappa shape index (κ1) is 24.8. The fourth-order valence-electron chi connectivity index (χ4n) is 4.33. The Morgan fingerprint density at radius 1 is 1.08 bits per heavy atom. The first-order chi connectivity index (χ1) is 17.3. The highest BCUT2D eigenvalue weighted by Crippen LogP contribution is 2.34. The molecule has 0 radical (unpaired) electrons. The summed E-state index contributed by atoms with van der Waals surface area (Å²) in [4.78, 5) is 45.4. The summed E-state index contributed by atoms with van der Waals surface area (Å²) in [6, 6.07) is 14.7. The number of hydrogen-bond acceptors (Lipinski definition) is 7. The van der Waals surface area contributed by atoms with Crippen molar-refractivity contribution >= 4 is 17.8 Å². The Hall–Kier alpha value is -4.34. The smallest absolute Gasteiger partial charge is 0.359 e. The molecule has 2 aromatic carbocycles. The van der Waals surface area contributed by atoms with E-state index < -0.39 is 17.4 Å². The Morgan fingerprint density at radius 3 is 2.50 bits per heavy atom. The van der Waals surface area contributed by atoms with E-state index in [1.165, 1.54) is 30.0 Å². The van der Waals surface area contributed by atoms with Gasteiger partial charge in [0.05, 0.1) is 40.7 Å². The van der Waals surface area contributed by atoms with Gasteiger partial charge >= 0.3 is 5.97 Å². The van der Waals surface area contributed by atoms with Crippen molar-refractivity contribution in [2.75, 3.05) is 21.3 Å². The molecule has 10 nitrogen and oxygen atoms in total. The van der Waals surface area contributed by atoms with Crippen molar-refractivity contribution in [2.45, 2.75) is 32.1 Å². The molecular weight excluding hydrogens is 464 g/mol. The average Bonchev–Trinajstić information content (AvgIpc) is 3.33. The van der Waals surface area contributed by atoms with Gasteiger partial charge in [0, 0.05) is 12.1 Å². The molecule has 1 N–H and O–H groups in total. The van der Waals surface area contributed by atoms with Crippen LogP contribution >= 0.6 is 0 Å². The molecule has 1 aliphatic rings. The highest BCUT2D eigenvalue weighted by atomic mass is 16.5. The van der Waals surface area contributed by atoms with Crippen molar-refractivity contribution < 1.29 is 28.6 Å². The molecule has 1 aromatic heterocycles. The molecule has 0 fully saturated rings. The fraction of sp³-hybridized carbons (Fsp3) is 0.308. The normalized spacial score (nSPS) is 16.8. The van der Waals surface area contributed by atoms with E-state index in [-0.39, 0.29) is 30.4 Å². The second kappa shape index (κ2) is 10.1. The van der Waals surface area contributed by atoms with Crippen molar-refractivity contribution in [1.29, 1.82) is 0 Å². The summed E-state index contributed by atoms with van der Waals surface area (Å²) < 4.78 is 17.2. The first-order valence-electron chi connectivity index (χ1n) is 11.3. The SMILES string of the molecule is COC(=O)c1ncn2c1C(=O)N(Cc1cc(OC)ccc1OC)[C@@](C)(C(=O)NCc1ccccc1)C2. The van der Waals surface area contributed by atoms with Crippen molar-refractivity contribution in [3.05, 3.63) is 77.4 Å². The number of aromatic nitrogens is 2. The highest BCUT2D eigenvalue weighted by Gasteiger charge is 2.49. The lowest BCUT2D eigenvalue weighted by molar-refractivity contribution is -0.133. The molecule has 10 heteroatoms. The van der Waals surface area contributed by atoms with Gasteiger partial charge in [-0.3, -0.25) is 9.59 Å². The first-order valence-corrected chi connectivity index (χ1v) is 11.3. The van der Waals surface area contributed by atoms with Crippen LogP contribution in [-0.2, 0) is 29.2 Å². The van der Waals surface area contributed by atoms with Crippen molar-refractivity contribution in [2.24, 2.45) is 0 Å². The number of ether oxygens (including phenoxy) is 3. The maximum Gasteiger partial charge on any atom is 0.359 e. The molecule has 0 aliphatic carbocycles. The van der Waals surface area contributed by atoms with Crippen LogP contribution < -0.4 is 14.8 Å². The number of amides is 2. The molecule has 0 spiro atoms. The number of methoxy groups -OCH3 is 3. The monoisotopic (exact) mass is 492 g/mol. The Balaban J connectivity index is 1.75. The number of carbonyl (C=O) groups excluding carboxylic acids is 3. The van der Waals surface area contributed by atoms with Crippen LogP contribution in [0.2, 0.25) is 0 Å². The van der Waals surface area contributed by atoms with Crippen LogP contribution in [0.25, 0.3) is 0 Å². The average molecular weight is 493 g/mol. The van der Waals surface area contributed by atoms with E-state index in [1.54, 1.807) is 32.2 Å². The third kappa shape index (κ3) is 4.49. The lowest BCUT2D eigenvalue weighted by atomic mass is 9.93. The lowest BCUT2D eigenvalue weighted by Crippen LogP contribution is -2.63. The highest BCUT2D eigenvalue weighted by molar-refractivity contribution is 6.06. The van der Waals surface area contributed by atoms with E-state index in [0.717, 1.165) is 5.56 Å². The molecule has 0 unspecified atom stereocenters. The van der Waals surface area contributed by atoms with Crippen LogP contribution in [0.5, 0.6) is 11.5 Å². The standard InChI is InChI=1S/C26H28N4O6/c1-26(25(33)27-13-17-8-6-5-7-9-17)15-29-16-28-21(24(32)36-4)22(29)23(31)30(26)14-18-12-19(34-2)10-11-20(18)35-3/h5-12,16H,13-15H2,1-4H3,(H,27,33)/t26-/m1/s1. The molecule has 36 heavy (non-hydrogen) atoms. The zero-order valence-electron chi connectivity index (χ0n) is 20.6. The van der Waals surface area contributed by atoms with Gasteiger partial charge in [-0.1, -0.05) is 30.3 Å².